The van der Waals surface area contributed by atoms with Gasteiger partial charge in [0.15, 0.2) is 23.1 Å². The van der Waals surface area contributed by atoms with Gasteiger partial charge in [0, 0.05) is 17.3 Å². The molecule has 1 amide bonds. The summed E-state index contributed by atoms with van der Waals surface area (Å²) >= 11 is 0. The lowest BCUT2D eigenvalue weighted by Crippen LogP contribution is -2.29. The van der Waals surface area contributed by atoms with Crippen LogP contribution in [0.1, 0.15) is 22.7 Å². The highest BCUT2D eigenvalue weighted by Gasteiger charge is 2.47. The molecule has 0 saturated carbocycles. The Morgan fingerprint density at radius 3 is 2.29 bits per heavy atom. The lowest BCUT2D eigenvalue weighted by Gasteiger charge is -2.26. The first-order valence-corrected chi connectivity index (χ1v) is 10.3. The maximum atomic E-state index is 14.0. The number of carbonyl (C=O) groups is 2. The first kappa shape index (κ1) is 23.0. The highest BCUT2D eigenvalue weighted by Crippen LogP contribution is 2.43. The molecule has 34 heavy (non-hydrogen) atoms. The van der Waals surface area contributed by atoms with E-state index in [1.807, 2.05) is 13.0 Å². The number of carbonyl (C=O) groups excluding carboxylic acids is 2. The van der Waals surface area contributed by atoms with Crippen LogP contribution in [0.5, 0.6) is 11.5 Å². The summed E-state index contributed by atoms with van der Waals surface area (Å²) in [5.74, 6) is -3.89. The second-order valence-electron chi connectivity index (χ2n) is 7.75. The fourth-order valence-electron chi connectivity index (χ4n) is 4.03. The minimum Gasteiger partial charge on any atom is -0.507 e. The number of aliphatic hydroxyl groups excluding tert-OH is 1. The second-order valence-corrected chi connectivity index (χ2v) is 7.75. The van der Waals surface area contributed by atoms with Gasteiger partial charge in [-0.15, -0.1) is 0 Å². The first-order valence-electron chi connectivity index (χ1n) is 10.3. The molecule has 6 nitrogen and oxygen atoms in total. The topological polar surface area (TPSA) is 76.1 Å². The van der Waals surface area contributed by atoms with Gasteiger partial charge in [-0.2, -0.15) is 0 Å². The van der Waals surface area contributed by atoms with Crippen LogP contribution >= 0.6 is 0 Å². The van der Waals surface area contributed by atoms with Gasteiger partial charge in [-0.05, 0) is 42.8 Å². The van der Waals surface area contributed by atoms with Crippen molar-refractivity contribution in [3.63, 3.8) is 0 Å². The number of nitrogens with zero attached hydrogens (tertiary/aromatic N) is 1. The quantitative estimate of drug-likeness (QED) is 0.329. The van der Waals surface area contributed by atoms with E-state index < -0.39 is 35.1 Å². The number of benzene rings is 3. The number of aliphatic hydroxyl groups is 1. The Hall–Kier alpha value is -4.20. The number of hydrogen-bond acceptors (Lipinski definition) is 5. The summed E-state index contributed by atoms with van der Waals surface area (Å²) in [6, 6.07) is 13.5. The van der Waals surface area contributed by atoms with Gasteiger partial charge >= 0.3 is 0 Å². The number of amides is 1. The maximum absolute atomic E-state index is 14.0. The molecule has 8 heteroatoms. The van der Waals surface area contributed by atoms with Crippen LogP contribution in [0.2, 0.25) is 0 Å². The SMILES string of the molecule is COc1ccc(/C(O)=C2\C(=O)C(=O)N(c3ccc(F)c(F)c3)C2c2cccc(C)c2)cc1OC. The molecule has 1 N–H and O–H groups in total. The molecule has 1 fully saturated rings. The highest BCUT2D eigenvalue weighted by atomic mass is 19.2. The standard InChI is InChI=1S/C26H21F2NO5/c1-14-5-4-6-15(11-14)23-22(24(30)16-7-10-20(33-2)21(12-16)34-3)25(31)26(32)29(23)17-8-9-18(27)19(28)13-17/h4-13,23,30H,1-3H3/b24-22+. The van der Waals surface area contributed by atoms with E-state index in [2.05, 4.69) is 0 Å². The van der Waals surface area contributed by atoms with Crippen LogP contribution in [0.15, 0.2) is 66.2 Å². The fourth-order valence-corrected chi connectivity index (χ4v) is 4.03. The average Bonchev–Trinajstić information content (AvgIpc) is 3.10. The van der Waals surface area contributed by atoms with E-state index in [0.717, 1.165) is 22.6 Å². The smallest absolute Gasteiger partial charge is 0.300 e. The van der Waals surface area contributed by atoms with Gasteiger partial charge in [-0.1, -0.05) is 29.8 Å². The molecule has 0 aliphatic carbocycles. The largest absolute Gasteiger partial charge is 0.507 e. The summed E-state index contributed by atoms with van der Waals surface area (Å²) in [6.07, 6.45) is 0. The summed E-state index contributed by atoms with van der Waals surface area (Å²) in [6.45, 7) is 1.83. The molecule has 0 bridgehead atoms. The summed E-state index contributed by atoms with van der Waals surface area (Å²) < 4.78 is 38.1. The molecule has 174 valence electrons. The average molecular weight is 465 g/mol. The third-order valence-corrected chi connectivity index (χ3v) is 5.64. The molecule has 3 aromatic carbocycles. The van der Waals surface area contributed by atoms with Gasteiger partial charge in [0.25, 0.3) is 11.7 Å². The zero-order valence-corrected chi connectivity index (χ0v) is 18.6. The van der Waals surface area contributed by atoms with Crippen molar-refractivity contribution in [3.05, 3.63) is 94.6 Å². The van der Waals surface area contributed by atoms with Crippen molar-refractivity contribution in [3.8, 4) is 11.5 Å². The zero-order valence-electron chi connectivity index (χ0n) is 18.6. The van der Waals surface area contributed by atoms with E-state index in [1.54, 1.807) is 24.3 Å². The van der Waals surface area contributed by atoms with Crippen LogP contribution in [0, 0.1) is 18.6 Å². The minimum atomic E-state index is -1.16. The van der Waals surface area contributed by atoms with Gasteiger partial charge < -0.3 is 14.6 Å². The maximum Gasteiger partial charge on any atom is 0.300 e. The summed E-state index contributed by atoms with van der Waals surface area (Å²) in [5.41, 5.74) is 1.38. The van der Waals surface area contributed by atoms with Crippen molar-refractivity contribution in [2.24, 2.45) is 0 Å². The van der Waals surface area contributed by atoms with Gasteiger partial charge in [0.1, 0.15) is 5.76 Å². The Bertz CT molecular complexity index is 1330. The van der Waals surface area contributed by atoms with Crippen molar-refractivity contribution in [2.75, 3.05) is 19.1 Å². The van der Waals surface area contributed by atoms with Gasteiger partial charge in [-0.25, -0.2) is 8.78 Å². The van der Waals surface area contributed by atoms with E-state index >= 15 is 0 Å². The van der Waals surface area contributed by atoms with Gasteiger partial charge in [0.2, 0.25) is 0 Å². The van der Waals surface area contributed by atoms with E-state index in [-0.39, 0.29) is 16.8 Å². The van der Waals surface area contributed by atoms with E-state index in [4.69, 9.17) is 9.47 Å². The predicted molar refractivity (Wildman–Crippen MR) is 122 cm³/mol. The normalized spacial score (nSPS) is 17.2. The number of ketones is 1. The fraction of sp³-hybridized carbons (Fsp3) is 0.154. The van der Waals surface area contributed by atoms with E-state index in [0.29, 0.717) is 17.1 Å². The van der Waals surface area contributed by atoms with Crippen LogP contribution < -0.4 is 14.4 Å². The number of rotatable bonds is 5. The van der Waals surface area contributed by atoms with Crippen LogP contribution in [-0.2, 0) is 9.59 Å². The van der Waals surface area contributed by atoms with Crippen molar-refractivity contribution in [2.45, 2.75) is 13.0 Å². The van der Waals surface area contributed by atoms with Crippen LogP contribution in [0.4, 0.5) is 14.5 Å². The molecule has 0 aromatic heterocycles. The molecule has 1 heterocycles. The second kappa shape index (κ2) is 8.97. The van der Waals surface area contributed by atoms with Crippen molar-refractivity contribution in [1.82, 2.24) is 0 Å². The molecular formula is C26H21F2NO5. The lowest BCUT2D eigenvalue weighted by atomic mass is 9.94. The van der Waals surface area contributed by atoms with Crippen LogP contribution in [-0.4, -0.2) is 31.0 Å². The monoisotopic (exact) mass is 465 g/mol. The molecule has 1 unspecified atom stereocenters. The molecular weight excluding hydrogens is 444 g/mol. The predicted octanol–water partition coefficient (Wildman–Crippen LogP) is 4.92. The molecule has 1 aliphatic heterocycles. The number of ether oxygens (including phenoxy) is 2. The van der Waals surface area contributed by atoms with Crippen LogP contribution in [0.3, 0.4) is 0 Å². The molecule has 1 saturated heterocycles. The number of aryl methyl sites for hydroxylation is 1. The number of methoxy groups -OCH3 is 2. The molecule has 4 rings (SSSR count). The first-order chi connectivity index (χ1) is 16.3. The van der Waals surface area contributed by atoms with Crippen LogP contribution in [0.25, 0.3) is 5.76 Å². The third-order valence-electron chi connectivity index (χ3n) is 5.64. The zero-order chi connectivity index (χ0) is 24.6. The Morgan fingerprint density at radius 2 is 1.65 bits per heavy atom. The molecule has 3 aromatic rings. The Morgan fingerprint density at radius 1 is 0.912 bits per heavy atom. The van der Waals surface area contributed by atoms with E-state index in [1.165, 1.54) is 32.4 Å². The van der Waals surface area contributed by atoms with Crippen molar-refractivity contribution >= 4 is 23.1 Å². The van der Waals surface area contributed by atoms with E-state index in [9.17, 15) is 23.5 Å². The summed E-state index contributed by atoms with van der Waals surface area (Å²) in [7, 11) is 2.89. The highest BCUT2D eigenvalue weighted by molar-refractivity contribution is 6.51. The molecule has 1 atom stereocenters. The Labute approximate surface area is 194 Å². The molecule has 1 aliphatic rings. The number of hydrogen-bond donors (Lipinski definition) is 1. The Kier molecular flexibility index (Phi) is 6.06. The van der Waals surface area contributed by atoms with Gasteiger partial charge in [-0.3, -0.25) is 14.5 Å². The lowest BCUT2D eigenvalue weighted by molar-refractivity contribution is -0.132. The van der Waals surface area contributed by atoms with Crippen molar-refractivity contribution < 1.29 is 33.0 Å². The third kappa shape index (κ3) is 3.87. The molecule has 0 spiro atoms. The minimum absolute atomic E-state index is 0.0149. The summed E-state index contributed by atoms with van der Waals surface area (Å²) in [5, 5.41) is 11.2. The number of Topliss-reactive ketones (excluding diaryl/α,β-unsaturated/α-hetero) is 1. The van der Waals surface area contributed by atoms with Crippen molar-refractivity contribution in [1.29, 1.82) is 0 Å². The molecule has 0 radical (unpaired) electrons. The number of anilines is 1. The van der Waals surface area contributed by atoms with Gasteiger partial charge in [0.05, 0.1) is 25.8 Å². The number of halogens is 2. The Balaban J connectivity index is 1.96. The summed E-state index contributed by atoms with van der Waals surface area (Å²) in [4.78, 5) is 27.3.